The monoisotopic (exact) mass is 468 g/mol. The Labute approximate surface area is 164 Å². The van der Waals surface area contributed by atoms with Gasteiger partial charge < -0.3 is 8.60 Å². The second-order valence-electron chi connectivity index (χ2n) is 5.67. The minimum absolute atomic E-state index is 0.0295. The molecule has 1 heterocycles. The zero-order valence-corrected chi connectivity index (χ0v) is 15.0. The van der Waals surface area contributed by atoms with Crippen LogP contribution in [0.4, 0.5) is 39.5 Å². The molecular formula is C16H6ClF9O2S. The maximum Gasteiger partial charge on any atom is 0.460 e. The maximum absolute atomic E-state index is 13.7. The number of fused-ring (bicyclic) bond motifs is 3. The first-order chi connectivity index (χ1) is 13.2. The van der Waals surface area contributed by atoms with Crippen LogP contribution in [0.15, 0.2) is 40.8 Å². The molecule has 0 bridgehead atoms. The number of benzene rings is 2. The lowest BCUT2D eigenvalue weighted by Crippen LogP contribution is -2.59. The third-order valence-electron chi connectivity index (χ3n) is 3.79. The topological polar surface area (TPSA) is 22.4 Å². The number of furan rings is 1. The van der Waals surface area contributed by atoms with Crippen LogP contribution in [0.2, 0.25) is 5.02 Å². The van der Waals surface area contributed by atoms with Gasteiger partial charge in [-0.05, 0) is 24.3 Å². The van der Waals surface area contributed by atoms with Gasteiger partial charge in [-0.3, -0.25) is 0 Å². The molecule has 0 saturated carbocycles. The molecule has 3 aromatic rings. The Kier molecular flexibility index (Phi) is 5.10. The van der Waals surface area contributed by atoms with E-state index in [1.807, 2.05) is 0 Å². The average molecular weight is 469 g/mol. The van der Waals surface area contributed by atoms with Gasteiger partial charge in [-0.25, -0.2) is 0 Å². The van der Waals surface area contributed by atoms with Crippen molar-refractivity contribution in [2.45, 2.75) is 23.3 Å². The SMILES string of the molecule is FC(F)(F)C(F)(F)C(F)(F)C(F)(F)SOc1cccc2oc3cccc(Cl)c3c12. The second-order valence-corrected chi connectivity index (χ2v) is 6.93. The van der Waals surface area contributed by atoms with E-state index in [4.69, 9.17) is 16.0 Å². The van der Waals surface area contributed by atoms with Crippen LogP contribution in [-0.4, -0.2) is 23.3 Å². The summed E-state index contributed by atoms with van der Waals surface area (Å²) in [4.78, 5) is 0. The summed E-state index contributed by atoms with van der Waals surface area (Å²) < 4.78 is 126. The molecule has 0 aliphatic rings. The number of hydrogen-bond donors (Lipinski definition) is 0. The van der Waals surface area contributed by atoms with E-state index >= 15 is 0 Å². The third-order valence-corrected chi connectivity index (χ3v) is 4.83. The molecule has 29 heavy (non-hydrogen) atoms. The molecule has 2 nitrogen and oxygen atoms in total. The lowest BCUT2D eigenvalue weighted by Gasteiger charge is -2.32. The molecule has 0 aliphatic carbocycles. The van der Waals surface area contributed by atoms with Crippen LogP contribution >= 0.6 is 23.6 Å². The van der Waals surface area contributed by atoms with Crippen molar-refractivity contribution in [3.05, 3.63) is 41.4 Å². The van der Waals surface area contributed by atoms with Gasteiger partial charge in [0.1, 0.15) is 29.0 Å². The lowest BCUT2D eigenvalue weighted by atomic mass is 10.1. The summed E-state index contributed by atoms with van der Waals surface area (Å²) in [6, 6.07) is 7.91. The summed E-state index contributed by atoms with van der Waals surface area (Å²) in [6.07, 6.45) is -6.91. The molecule has 0 aliphatic heterocycles. The van der Waals surface area contributed by atoms with Gasteiger partial charge in [0.2, 0.25) is 0 Å². The number of halogens is 10. The predicted molar refractivity (Wildman–Crippen MR) is 87.8 cm³/mol. The van der Waals surface area contributed by atoms with Gasteiger partial charge in [-0.1, -0.05) is 23.7 Å². The molecule has 2 aromatic carbocycles. The van der Waals surface area contributed by atoms with Crippen molar-refractivity contribution in [2.24, 2.45) is 0 Å². The van der Waals surface area contributed by atoms with E-state index in [0.29, 0.717) is 0 Å². The van der Waals surface area contributed by atoms with Crippen molar-refractivity contribution in [1.82, 2.24) is 0 Å². The number of rotatable bonds is 5. The number of alkyl halides is 9. The Bertz CT molecular complexity index is 1060. The van der Waals surface area contributed by atoms with Gasteiger partial charge in [0.05, 0.1) is 15.8 Å². The first kappa shape index (κ1) is 21.8. The molecule has 0 N–H and O–H groups in total. The highest BCUT2D eigenvalue weighted by molar-refractivity contribution is 7.96. The van der Waals surface area contributed by atoms with Crippen LogP contribution in [0.25, 0.3) is 21.9 Å². The van der Waals surface area contributed by atoms with E-state index < -0.39 is 41.1 Å². The van der Waals surface area contributed by atoms with Gasteiger partial charge in [0.25, 0.3) is 0 Å². The smallest absolute Gasteiger partial charge is 0.456 e. The van der Waals surface area contributed by atoms with E-state index in [2.05, 4.69) is 4.18 Å². The second kappa shape index (κ2) is 6.79. The molecule has 0 spiro atoms. The summed E-state index contributed by atoms with van der Waals surface area (Å²) in [5, 5.41) is -5.78. The van der Waals surface area contributed by atoms with E-state index in [1.54, 1.807) is 0 Å². The standard InChI is InChI=1S/C16H6ClF9O2S/c17-7-3-1-4-8-11(7)12-9(27-8)5-2-6-10(12)28-29-16(25,26)14(20,21)13(18,19)15(22,23)24/h1-6H. The Hall–Kier alpha value is -1.95. The van der Waals surface area contributed by atoms with Crippen LogP contribution in [0.3, 0.4) is 0 Å². The van der Waals surface area contributed by atoms with E-state index in [1.165, 1.54) is 30.3 Å². The Balaban J connectivity index is 1.99. The summed E-state index contributed by atoms with van der Waals surface area (Å²) in [7, 11) is 0. The largest absolute Gasteiger partial charge is 0.460 e. The quantitative estimate of drug-likeness (QED) is 0.283. The van der Waals surface area contributed by atoms with Crippen molar-refractivity contribution in [2.75, 3.05) is 0 Å². The van der Waals surface area contributed by atoms with Crippen molar-refractivity contribution < 1.29 is 48.1 Å². The van der Waals surface area contributed by atoms with E-state index in [-0.39, 0.29) is 27.0 Å². The summed E-state index contributed by atoms with van der Waals surface area (Å²) in [5.41, 5.74) is 0.205. The zero-order valence-electron chi connectivity index (χ0n) is 13.5. The van der Waals surface area contributed by atoms with E-state index in [9.17, 15) is 39.5 Å². The van der Waals surface area contributed by atoms with Crippen LogP contribution in [0, 0.1) is 0 Å². The van der Waals surface area contributed by atoms with Crippen molar-refractivity contribution in [1.29, 1.82) is 0 Å². The summed E-state index contributed by atoms with van der Waals surface area (Å²) >= 11 is 4.47. The molecule has 0 amide bonds. The molecule has 13 heteroatoms. The van der Waals surface area contributed by atoms with E-state index in [0.717, 1.165) is 6.07 Å². The van der Waals surface area contributed by atoms with Gasteiger partial charge >= 0.3 is 23.3 Å². The first-order valence-electron chi connectivity index (χ1n) is 7.36. The Morgan fingerprint density at radius 2 is 1.31 bits per heavy atom. The highest BCUT2D eigenvalue weighted by Gasteiger charge is 2.82. The first-order valence-corrected chi connectivity index (χ1v) is 8.48. The Morgan fingerprint density at radius 3 is 1.90 bits per heavy atom. The molecule has 0 saturated heterocycles. The molecule has 3 rings (SSSR count). The van der Waals surface area contributed by atoms with Gasteiger partial charge in [-0.2, -0.15) is 39.5 Å². The number of hydrogen-bond acceptors (Lipinski definition) is 3. The molecule has 158 valence electrons. The highest BCUT2D eigenvalue weighted by atomic mass is 35.5. The highest BCUT2D eigenvalue weighted by Crippen LogP contribution is 2.57. The molecule has 0 radical (unpaired) electrons. The fourth-order valence-corrected chi connectivity index (χ4v) is 3.20. The summed E-state index contributed by atoms with van der Waals surface area (Å²) in [6.45, 7) is 0. The fraction of sp³-hybridized carbons (Fsp3) is 0.250. The zero-order chi connectivity index (χ0) is 21.8. The van der Waals surface area contributed by atoms with Crippen molar-refractivity contribution in [3.63, 3.8) is 0 Å². The van der Waals surface area contributed by atoms with Crippen LogP contribution in [0.5, 0.6) is 5.75 Å². The minimum atomic E-state index is -7.00. The van der Waals surface area contributed by atoms with Crippen LogP contribution in [-0.2, 0) is 0 Å². The van der Waals surface area contributed by atoms with Gasteiger partial charge in [0.15, 0.2) is 0 Å². The third kappa shape index (κ3) is 3.35. The predicted octanol–water partition coefficient (Wildman–Crippen LogP) is 7.69. The van der Waals surface area contributed by atoms with Crippen LogP contribution < -0.4 is 4.18 Å². The van der Waals surface area contributed by atoms with Crippen molar-refractivity contribution in [3.8, 4) is 5.75 Å². The molecule has 0 fully saturated rings. The normalized spacial score (nSPS) is 14.0. The molecular weight excluding hydrogens is 463 g/mol. The van der Waals surface area contributed by atoms with Crippen molar-refractivity contribution >= 4 is 45.6 Å². The average Bonchev–Trinajstić information content (AvgIpc) is 2.99. The maximum atomic E-state index is 13.7. The lowest BCUT2D eigenvalue weighted by molar-refractivity contribution is -0.381. The Morgan fingerprint density at radius 1 is 0.759 bits per heavy atom. The van der Waals surface area contributed by atoms with Crippen LogP contribution in [0.1, 0.15) is 0 Å². The van der Waals surface area contributed by atoms with Gasteiger partial charge in [0, 0.05) is 0 Å². The molecule has 0 unspecified atom stereocenters. The van der Waals surface area contributed by atoms with Gasteiger partial charge in [-0.15, -0.1) is 0 Å². The summed E-state index contributed by atoms with van der Waals surface area (Å²) in [5.74, 6) is -14.4. The fourth-order valence-electron chi connectivity index (χ4n) is 2.37. The molecule has 1 aromatic heterocycles. The molecule has 0 atom stereocenters. The minimum Gasteiger partial charge on any atom is -0.456 e.